The van der Waals surface area contributed by atoms with Gasteiger partial charge in [0.05, 0.1) is 12.7 Å². The third-order valence-electron chi connectivity index (χ3n) is 3.99. The number of rotatable bonds is 4. The second kappa shape index (κ2) is 6.36. The lowest BCUT2D eigenvalue weighted by molar-refractivity contribution is -0.0641. The van der Waals surface area contributed by atoms with Crippen LogP contribution in [0, 0.1) is 5.41 Å². The zero-order chi connectivity index (χ0) is 11.3. The van der Waals surface area contributed by atoms with Crippen molar-refractivity contribution in [2.24, 2.45) is 5.41 Å². The van der Waals surface area contributed by atoms with Crippen LogP contribution in [-0.2, 0) is 9.47 Å². The van der Waals surface area contributed by atoms with Crippen LogP contribution in [0.25, 0.3) is 0 Å². The van der Waals surface area contributed by atoms with Gasteiger partial charge in [-0.1, -0.05) is 35.2 Å². The maximum Gasteiger partial charge on any atom is 0.0619 e. The molecule has 1 heterocycles. The molecule has 2 nitrogen and oxygen atoms in total. The number of hydrogen-bond donors (Lipinski definition) is 0. The van der Waals surface area contributed by atoms with E-state index >= 15 is 0 Å². The Balaban J connectivity index is 1.77. The molecule has 1 aliphatic heterocycles. The first kappa shape index (κ1) is 12.8. The van der Waals surface area contributed by atoms with E-state index in [1.807, 2.05) is 0 Å². The second-order valence-corrected chi connectivity index (χ2v) is 5.88. The van der Waals surface area contributed by atoms with Gasteiger partial charge in [-0.15, -0.1) is 0 Å². The van der Waals surface area contributed by atoms with Crippen molar-refractivity contribution in [3.63, 3.8) is 0 Å². The smallest absolute Gasteiger partial charge is 0.0619 e. The maximum atomic E-state index is 6.11. The van der Waals surface area contributed by atoms with Crippen LogP contribution >= 0.6 is 15.9 Å². The first-order valence-electron chi connectivity index (χ1n) is 6.60. The van der Waals surface area contributed by atoms with Crippen molar-refractivity contribution < 1.29 is 9.47 Å². The van der Waals surface area contributed by atoms with E-state index in [1.54, 1.807) is 0 Å². The van der Waals surface area contributed by atoms with Crippen LogP contribution in [-0.4, -0.2) is 31.3 Å². The molecule has 1 saturated carbocycles. The number of ether oxygens (including phenoxy) is 2. The molecule has 16 heavy (non-hydrogen) atoms. The lowest BCUT2D eigenvalue weighted by atomic mass is 9.76. The predicted molar refractivity (Wildman–Crippen MR) is 69.1 cm³/mol. The highest BCUT2D eigenvalue weighted by Crippen LogP contribution is 2.38. The number of hydrogen-bond acceptors (Lipinski definition) is 2. The summed E-state index contributed by atoms with van der Waals surface area (Å²) in [6.07, 6.45) is 9.45. The molecule has 2 fully saturated rings. The minimum absolute atomic E-state index is 0.427. The molecule has 94 valence electrons. The molecular formula is C13H23BrO2. The predicted octanol–water partition coefficient (Wildman–Crippen LogP) is 3.53. The van der Waals surface area contributed by atoms with Gasteiger partial charge in [-0.3, -0.25) is 0 Å². The number of halogens is 1. The highest BCUT2D eigenvalue weighted by molar-refractivity contribution is 9.09. The Bertz CT molecular complexity index is 196. The van der Waals surface area contributed by atoms with Gasteiger partial charge in [0.25, 0.3) is 0 Å². The van der Waals surface area contributed by atoms with Crippen LogP contribution in [0.3, 0.4) is 0 Å². The second-order valence-electron chi connectivity index (χ2n) is 5.32. The van der Waals surface area contributed by atoms with Crippen molar-refractivity contribution in [2.75, 3.05) is 25.2 Å². The van der Waals surface area contributed by atoms with Gasteiger partial charge in [-0.25, -0.2) is 0 Å². The zero-order valence-corrected chi connectivity index (χ0v) is 11.6. The summed E-state index contributed by atoms with van der Waals surface area (Å²) in [6.45, 7) is 2.71. The van der Waals surface area contributed by atoms with Crippen molar-refractivity contribution in [1.82, 2.24) is 0 Å². The van der Waals surface area contributed by atoms with Crippen molar-refractivity contribution in [1.29, 1.82) is 0 Å². The Morgan fingerprint density at radius 3 is 2.44 bits per heavy atom. The van der Waals surface area contributed by atoms with Gasteiger partial charge in [0, 0.05) is 24.0 Å². The van der Waals surface area contributed by atoms with E-state index in [0.717, 1.165) is 38.0 Å². The topological polar surface area (TPSA) is 18.5 Å². The summed E-state index contributed by atoms with van der Waals surface area (Å²) in [5, 5.41) is 1.10. The monoisotopic (exact) mass is 290 g/mol. The van der Waals surface area contributed by atoms with E-state index in [1.165, 1.54) is 32.1 Å². The molecule has 0 unspecified atom stereocenters. The van der Waals surface area contributed by atoms with E-state index in [-0.39, 0.29) is 0 Å². The summed E-state index contributed by atoms with van der Waals surface area (Å²) in [6, 6.07) is 0. The van der Waals surface area contributed by atoms with Gasteiger partial charge >= 0.3 is 0 Å². The average molecular weight is 291 g/mol. The lowest BCUT2D eigenvalue weighted by Gasteiger charge is -2.37. The highest BCUT2D eigenvalue weighted by atomic mass is 79.9. The van der Waals surface area contributed by atoms with Gasteiger partial charge < -0.3 is 9.47 Å². The summed E-state index contributed by atoms with van der Waals surface area (Å²) in [7, 11) is 0. The molecule has 1 aliphatic carbocycles. The summed E-state index contributed by atoms with van der Waals surface area (Å²) in [5.41, 5.74) is 0.427. The zero-order valence-electron chi connectivity index (χ0n) is 10.0. The SMILES string of the molecule is BrCC1(COC2CCOCC2)CCCCC1. The summed E-state index contributed by atoms with van der Waals surface area (Å²) in [4.78, 5) is 0. The van der Waals surface area contributed by atoms with Crippen molar-refractivity contribution in [3.05, 3.63) is 0 Å². The fraction of sp³-hybridized carbons (Fsp3) is 1.00. The summed E-state index contributed by atoms with van der Waals surface area (Å²) in [5.74, 6) is 0. The molecule has 0 aromatic rings. The normalized spacial score (nSPS) is 26.8. The first-order chi connectivity index (χ1) is 7.85. The highest BCUT2D eigenvalue weighted by Gasteiger charge is 2.32. The molecule has 0 radical (unpaired) electrons. The Kier molecular flexibility index (Phi) is 5.11. The summed E-state index contributed by atoms with van der Waals surface area (Å²) >= 11 is 3.69. The van der Waals surface area contributed by atoms with Crippen LogP contribution in [0.1, 0.15) is 44.9 Å². The van der Waals surface area contributed by atoms with Crippen LogP contribution in [0.2, 0.25) is 0 Å². The fourth-order valence-electron chi connectivity index (χ4n) is 2.76. The third kappa shape index (κ3) is 3.44. The lowest BCUT2D eigenvalue weighted by Crippen LogP contribution is -2.35. The Morgan fingerprint density at radius 2 is 1.81 bits per heavy atom. The van der Waals surface area contributed by atoms with E-state index in [9.17, 15) is 0 Å². The molecule has 0 N–H and O–H groups in total. The van der Waals surface area contributed by atoms with Gasteiger partial charge in [0.1, 0.15) is 0 Å². The first-order valence-corrected chi connectivity index (χ1v) is 7.72. The van der Waals surface area contributed by atoms with Crippen LogP contribution in [0.5, 0.6) is 0 Å². The third-order valence-corrected chi connectivity index (χ3v) is 5.18. The molecule has 3 heteroatoms. The largest absolute Gasteiger partial charge is 0.381 e. The van der Waals surface area contributed by atoms with Gasteiger partial charge in [-0.05, 0) is 25.7 Å². The van der Waals surface area contributed by atoms with E-state index in [0.29, 0.717) is 11.5 Å². The summed E-state index contributed by atoms with van der Waals surface area (Å²) < 4.78 is 11.5. The molecule has 0 bridgehead atoms. The quantitative estimate of drug-likeness (QED) is 0.738. The average Bonchev–Trinajstić information content (AvgIpc) is 2.39. The van der Waals surface area contributed by atoms with Crippen LogP contribution < -0.4 is 0 Å². The van der Waals surface area contributed by atoms with E-state index < -0.39 is 0 Å². The van der Waals surface area contributed by atoms with Crippen LogP contribution in [0.4, 0.5) is 0 Å². The minimum Gasteiger partial charge on any atom is -0.381 e. The Morgan fingerprint density at radius 1 is 1.12 bits per heavy atom. The van der Waals surface area contributed by atoms with Crippen molar-refractivity contribution >= 4 is 15.9 Å². The maximum absolute atomic E-state index is 6.11. The molecule has 0 aromatic heterocycles. The molecule has 2 rings (SSSR count). The van der Waals surface area contributed by atoms with Crippen molar-refractivity contribution in [2.45, 2.75) is 51.0 Å². The molecule has 0 spiro atoms. The van der Waals surface area contributed by atoms with Crippen molar-refractivity contribution in [3.8, 4) is 0 Å². The van der Waals surface area contributed by atoms with E-state index in [2.05, 4.69) is 15.9 Å². The molecule has 0 atom stereocenters. The Hall–Kier alpha value is 0.400. The molecule has 2 aliphatic rings. The van der Waals surface area contributed by atoms with Gasteiger partial charge in [-0.2, -0.15) is 0 Å². The van der Waals surface area contributed by atoms with Gasteiger partial charge in [0.15, 0.2) is 0 Å². The fourth-order valence-corrected chi connectivity index (χ4v) is 3.48. The molecule has 0 aromatic carbocycles. The number of alkyl halides is 1. The van der Waals surface area contributed by atoms with Crippen LogP contribution in [0.15, 0.2) is 0 Å². The van der Waals surface area contributed by atoms with Gasteiger partial charge in [0.2, 0.25) is 0 Å². The minimum atomic E-state index is 0.427. The Labute approximate surface area is 107 Å². The standard InChI is InChI=1S/C13H23BrO2/c14-10-13(6-2-1-3-7-13)11-16-12-4-8-15-9-5-12/h12H,1-11H2. The van der Waals surface area contributed by atoms with E-state index in [4.69, 9.17) is 9.47 Å². The molecular weight excluding hydrogens is 268 g/mol. The molecule has 0 amide bonds. The molecule has 1 saturated heterocycles.